The third kappa shape index (κ3) is 3.98. The lowest BCUT2D eigenvalue weighted by Gasteiger charge is -2.29. The van der Waals surface area contributed by atoms with Gasteiger partial charge in [-0.25, -0.2) is 4.98 Å². The van der Waals surface area contributed by atoms with Gasteiger partial charge in [0.15, 0.2) is 10.8 Å². The fourth-order valence-electron chi connectivity index (χ4n) is 3.63. The van der Waals surface area contributed by atoms with Gasteiger partial charge in [-0.05, 0) is 43.8 Å². The van der Waals surface area contributed by atoms with Crippen molar-refractivity contribution in [1.82, 2.24) is 9.88 Å². The van der Waals surface area contributed by atoms with Crippen LogP contribution in [0.4, 0.5) is 18.9 Å². The molecule has 1 aromatic heterocycles. The summed E-state index contributed by atoms with van der Waals surface area (Å²) in [6, 6.07) is 9.68. The highest BCUT2D eigenvalue weighted by Gasteiger charge is 2.50. The predicted octanol–water partition coefficient (Wildman–Crippen LogP) is 4.69. The summed E-state index contributed by atoms with van der Waals surface area (Å²) < 4.78 is 40.2. The lowest BCUT2D eigenvalue weighted by molar-refractivity contribution is -0.138. The van der Waals surface area contributed by atoms with E-state index in [4.69, 9.17) is 17.5 Å². The number of rotatable bonds is 4. The van der Waals surface area contributed by atoms with E-state index in [1.165, 1.54) is 6.07 Å². The van der Waals surface area contributed by atoms with Crippen molar-refractivity contribution in [2.24, 2.45) is 10.2 Å². The minimum absolute atomic E-state index is 0.0565. The summed E-state index contributed by atoms with van der Waals surface area (Å²) in [5.74, 6) is -0.486. The highest BCUT2D eigenvalue weighted by atomic mass is 32.1. The van der Waals surface area contributed by atoms with Crippen LogP contribution >= 0.6 is 12.2 Å². The molecule has 2 aromatic rings. The lowest BCUT2D eigenvalue weighted by atomic mass is 10.0. The van der Waals surface area contributed by atoms with Gasteiger partial charge < -0.3 is 4.90 Å². The Labute approximate surface area is 192 Å². The fraction of sp³-hybridized carbons (Fsp3) is 0.273. The number of pyridine rings is 1. The molecule has 2 aliphatic rings. The Morgan fingerprint density at radius 3 is 2.52 bits per heavy atom. The van der Waals surface area contributed by atoms with E-state index < -0.39 is 28.9 Å². The van der Waals surface area contributed by atoms with E-state index in [1.807, 2.05) is 30.3 Å². The van der Waals surface area contributed by atoms with Gasteiger partial charge >= 0.3 is 6.18 Å². The second-order valence-electron chi connectivity index (χ2n) is 7.98. The highest BCUT2D eigenvalue weighted by molar-refractivity contribution is 7.80. The molecule has 33 heavy (non-hydrogen) atoms. The average Bonchev–Trinajstić information content (AvgIpc) is 3.36. The molecule has 0 saturated carbocycles. The van der Waals surface area contributed by atoms with E-state index >= 15 is 0 Å². The maximum Gasteiger partial charge on any atom is 0.419 e. The molecule has 11 heteroatoms. The summed E-state index contributed by atoms with van der Waals surface area (Å²) in [4.78, 5) is 19.5. The minimum atomic E-state index is -4.80. The first kappa shape index (κ1) is 22.5. The van der Waals surface area contributed by atoms with Crippen LogP contribution in [0.3, 0.4) is 0 Å². The van der Waals surface area contributed by atoms with Crippen LogP contribution in [0.25, 0.3) is 5.70 Å². The molecule has 1 amide bonds. The summed E-state index contributed by atoms with van der Waals surface area (Å²) in [7, 11) is 0. The Kier molecular flexibility index (Phi) is 5.49. The topological polar surface area (TPSA) is 85.0 Å². The van der Waals surface area contributed by atoms with Crippen LogP contribution in [-0.4, -0.2) is 33.0 Å². The summed E-state index contributed by atoms with van der Waals surface area (Å²) in [5.41, 5.74) is -0.683. The van der Waals surface area contributed by atoms with Gasteiger partial charge in [0.25, 0.3) is 5.91 Å². The lowest BCUT2D eigenvalue weighted by Crippen LogP contribution is -2.43. The molecule has 7 nitrogen and oxygen atoms in total. The standard InChI is InChI=1S/C22H17F3N6OS/c1-21(2)19(32)31(15-9-16(22(23,24)25)18(10-26)27-11-15)20(33)30(21)12-13-3-5-14(6-4-13)17-7-8-28-29-17/h3-7,9,11H,8,12H2,1-2H3. The zero-order chi connectivity index (χ0) is 24.0. The van der Waals surface area contributed by atoms with Gasteiger partial charge in [-0.2, -0.15) is 28.7 Å². The number of thiocarbonyl (C=S) groups is 1. The Morgan fingerprint density at radius 1 is 1.24 bits per heavy atom. The molecule has 0 N–H and O–H groups in total. The van der Waals surface area contributed by atoms with Crippen LogP contribution in [0.2, 0.25) is 0 Å². The monoisotopic (exact) mass is 470 g/mol. The molecule has 1 aromatic carbocycles. The van der Waals surface area contributed by atoms with Crippen molar-refractivity contribution in [3.05, 3.63) is 65.0 Å². The summed E-state index contributed by atoms with van der Waals surface area (Å²) in [5, 5.41) is 17.0. The summed E-state index contributed by atoms with van der Waals surface area (Å²) in [6.07, 6.45) is -1.84. The molecule has 2 aliphatic heterocycles. The molecule has 4 rings (SSSR count). The van der Waals surface area contributed by atoms with Crippen molar-refractivity contribution in [3.8, 4) is 6.07 Å². The van der Waals surface area contributed by atoms with Crippen molar-refractivity contribution in [2.45, 2.75) is 32.1 Å². The largest absolute Gasteiger partial charge is 0.419 e. The molecule has 0 atom stereocenters. The number of anilines is 1. The predicted molar refractivity (Wildman–Crippen MR) is 118 cm³/mol. The molecule has 1 fully saturated rings. The Balaban J connectivity index is 1.64. The van der Waals surface area contributed by atoms with Crippen LogP contribution in [0.15, 0.2) is 52.8 Å². The number of amides is 1. The smallest absolute Gasteiger partial charge is 0.330 e. The maximum absolute atomic E-state index is 13.4. The number of azo groups is 1. The molecule has 0 radical (unpaired) electrons. The third-order valence-corrected chi connectivity index (χ3v) is 5.90. The van der Waals surface area contributed by atoms with Crippen molar-refractivity contribution in [2.75, 3.05) is 11.4 Å². The van der Waals surface area contributed by atoms with Crippen LogP contribution in [0.5, 0.6) is 0 Å². The number of halogens is 3. The van der Waals surface area contributed by atoms with Crippen molar-refractivity contribution in [1.29, 1.82) is 5.26 Å². The number of carbonyl (C=O) groups is 1. The first-order valence-electron chi connectivity index (χ1n) is 9.84. The molecule has 168 valence electrons. The van der Waals surface area contributed by atoms with E-state index in [2.05, 4.69) is 15.2 Å². The summed E-state index contributed by atoms with van der Waals surface area (Å²) in [6.45, 7) is 4.12. The SMILES string of the molecule is CC1(C)C(=O)N(c2cnc(C#N)c(C(F)(F)F)c2)C(=S)N1Cc1ccc(C2=CCN=N2)cc1. The molecule has 1 saturated heterocycles. The number of hydrogen-bond acceptors (Lipinski definition) is 6. The van der Waals surface area contributed by atoms with E-state index in [0.29, 0.717) is 6.54 Å². The van der Waals surface area contributed by atoms with Crippen molar-refractivity contribution in [3.63, 3.8) is 0 Å². The van der Waals surface area contributed by atoms with Gasteiger partial charge in [0.1, 0.15) is 11.6 Å². The summed E-state index contributed by atoms with van der Waals surface area (Å²) >= 11 is 5.50. The number of hydrogen-bond donors (Lipinski definition) is 0. The van der Waals surface area contributed by atoms with E-state index in [0.717, 1.165) is 34.0 Å². The molecule has 3 heterocycles. The van der Waals surface area contributed by atoms with E-state index in [1.54, 1.807) is 18.7 Å². The third-order valence-electron chi connectivity index (χ3n) is 5.50. The normalized spacial score (nSPS) is 17.5. The first-order chi connectivity index (χ1) is 15.5. The van der Waals surface area contributed by atoms with Crippen LogP contribution in [-0.2, 0) is 17.5 Å². The van der Waals surface area contributed by atoms with Gasteiger partial charge in [-0.1, -0.05) is 24.3 Å². The number of nitriles is 1. The van der Waals surface area contributed by atoms with E-state index in [-0.39, 0.29) is 17.3 Å². The van der Waals surface area contributed by atoms with Crippen molar-refractivity contribution < 1.29 is 18.0 Å². The Morgan fingerprint density at radius 2 is 1.94 bits per heavy atom. The van der Waals surface area contributed by atoms with Gasteiger partial charge in [-0.15, -0.1) is 0 Å². The number of carbonyl (C=O) groups excluding carboxylic acids is 1. The molecule has 0 spiro atoms. The number of benzene rings is 1. The highest BCUT2D eigenvalue weighted by Crippen LogP contribution is 2.37. The average molecular weight is 470 g/mol. The molecule has 0 bridgehead atoms. The van der Waals surface area contributed by atoms with Gasteiger partial charge in [0, 0.05) is 12.1 Å². The van der Waals surface area contributed by atoms with Crippen LogP contribution in [0, 0.1) is 11.3 Å². The molecular formula is C22H17F3N6OS. The maximum atomic E-state index is 13.4. The zero-order valence-electron chi connectivity index (χ0n) is 17.6. The van der Waals surface area contributed by atoms with Gasteiger partial charge in [-0.3, -0.25) is 9.69 Å². The Bertz CT molecular complexity index is 1240. The van der Waals surface area contributed by atoms with Crippen molar-refractivity contribution >= 4 is 34.6 Å². The minimum Gasteiger partial charge on any atom is -0.330 e. The number of nitrogens with zero attached hydrogens (tertiary/aromatic N) is 6. The molecule has 0 aliphatic carbocycles. The number of aromatic nitrogens is 1. The van der Waals surface area contributed by atoms with Gasteiger partial charge in [0.2, 0.25) is 0 Å². The van der Waals surface area contributed by atoms with Gasteiger partial charge in [0.05, 0.1) is 29.7 Å². The second kappa shape index (κ2) is 8.04. The van der Waals surface area contributed by atoms with Crippen LogP contribution in [0.1, 0.15) is 36.2 Å². The van der Waals surface area contributed by atoms with E-state index in [9.17, 15) is 18.0 Å². The fourth-order valence-corrected chi connectivity index (χ4v) is 4.12. The molecule has 0 unspecified atom stereocenters. The second-order valence-corrected chi connectivity index (χ2v) is 8.34. The van der Waals surface area contributed by atoms with Crippen LogP contribution < -0.4 is 4.90 Å². The Hall–Kier alpha value is -3.65. The zero-order valence-corrected chi connectivity index (χ0v) is 18.4. The number of alkyl halides is 3. The molecular weight excluding hydrogens is 453 g/mol. The first-order valence-corrected chi connectivity index (χ1v) is 10.3. The quantitative estimate of drug-likeness (QED) is 0.606.